The molecule has 0 bridgehead atoms. The summed E-state index contributed by atoms with van der Waals surface area (Å²) in [4.78, 5) is 8.45. The molecule has 0 spiro atoms. The van der Waals surface area contributed by atoms with Crippen molar-refractivity contribution in [2.75, 3.05) is 6.61 Å². The predicted molar refractivity (Wildman–Crippen MR) is 64.5 cm³/mol. The highest BCUT2D eigenvalue weighted by molar-refractivity contribution is 5.17. The van der Waals surface area contributed by atoms with Gasteiger partial charge in [-0.05, 0) is 34.6 Å². The molecule has 0 saturated heterocycles. The molecule has 16 heavy (non-hydrogen) atoms. The van der Waals surface area contributed by atoms with Crippen molar-refractivity contribution in [3.8, 4) is 6.01 Å². The molecule has 0 aliphatic carbocycles. The first kappa shape index (κ1) is 12.9. The smallest absolute Gasteiger partial charge is 0.316 e. The summed E-state index contributed by atoms with van der Waals surface area (Å²) in [6.45, 7) is 11.7. The first-order valence-corrected chi connectivity index (χ1v) is 5.62. The summed E-state index contributed by atoms with van der Waals surface area (Å²) in [5, 5.41) is 3.41. The van der Waals surface area contributed by atoms with Gasteiger partial charge in [-0.2, -0.15) is 0 Å². The van der Waals surface area contributed by atoms with Crippen LogP contribution in [0.5, 0.6) is 6.01 Å². The molecule has 0 unspecified atom stereocenters. The number of hydrogen-bond acceptors (Lipinski definition) is 4. The summed E-state index contributed by atoms with van der Waals surface area (Å²) in [6.07, 6.45) is 1.83. The minimum absolute atomic E-state index is 0.102. The van der Waals surface area contributed by atoms with Gasteiger partial charge in [-0.15, -0.1) is 0 Å². The SMILES string of the molecule is CCOc1ncc(CNC(C)(C)C)c(C)n1. The van der Waals surface area contributed by atoms with Crippen LogP contribution in [0.2, 0.25) is 0 Å². The third-order valence-electron chi connectivity index (χ3n) is 2.14. The number of nitrogens with one attached hydrogen (secondary N) is 1. The van der Waals surface area contributed by atoms with Crippen molar-refractivity contribution in [2.45, 2.75) is 46.7 Å². The van der Waals surface area contributed by atoms with Crippen LogP contribution in [0, 0.1) is 6.92 Å². The minimum atomic E-state index is 0.102. The van der Waals surface area contributed by atoms with Gasteiger partial charge in [0, 0.05) is 29.5 Å². The fourth-order valence-electron chi connectivity index (χ4n) is 1.20. The molecule has 0 aromatic carbocycles. The van der Waals surface area contributed by atoms with Gasteiger partial charge in [-0.1, -0.05) is 0 Å². The predicted octanol–water partition coefficient (Wildman–Crippen LogP) is 2.07. The Morgan fingerprint density at radius 2 is 2.06 bits per heavy atom. The summed E-state index contributed by atoms with van der Waals surface area (Å²) < 4.78 is 5.24. The third kappa shape index (κ3) is 4.14. The summed E-state index contributed by atoms with van der Waals surface area (Å²) in [5.74, 6) is 0. The lowest BCUT2D eigenvalue weighted by Crippen LogP contribution is -2.35. The topological polar surface area (TPSA) is 47.0 Å². The highest BCUT2D eigenvalue weighted by Crippen LogP contribution is 2.10. The van der Waals surface area contributed by atoms with Crippen LogP contribution in [0.3, 0.4) is 0 Å². The highest BCUT2D eigenvalue weighted by atomic mass is 16.5. The summed E-state index contributed by atoms with van der Waals surface area (Å²) >= 11 is 0. The summed E-state index contributed by atoms with van der Waals surface area (Å²) in [6, 6.07) is 0.458. The van der Waals surface area contributed by atoms with Crippen LogP contribution in [0.25, 0.3) is 0 Å². The Hall–Kier alpha value is -1.16. The normalized spacial score (nSPS) is 11.6. The van der Waals surface area contributed by atoms with Crippen molar-refractivity contribution in [3.63, 3.8) is 0 Å². The molecular formula is C12H21N3O. The zero-order valence-corrected chi connectivity index (χ0v) is 10.8. The highest BCUT2D eigenvalue weighted by Gasteiger charge is 2.10. The maximum absolute atomic E-state index is 5.24. The van der Waals surface area contributed by atoms with E-state index in [-0.39, 0.29) is 5.54 Å². The monoisotopic (exact) mass is 223 g/mol. The van der Waals surface area contributed by atoms with E-state index in [4.69, 9.17) is 4.74 Å². The van der Waals surface area contributed by atoms with Crippen molar-refractivity contribution in [2.24, 2.45) is 0 Å². The van der Waals surface area contributed by atoms with E-state index in [1.54, 1.807) is 0 Å². The molecule has 0 radical (unpaired) electrons. The summed E-state index contributed by atoms with van der Waals surface area (Å²) in [5.41, 5.74) is 2.18. The van der Waals surface area contributed by atoms with Gasteiger partial charge in [0.25, 0.3) is 0 Å². The van der Waals surface area contributed by atoms with E-state index in [9.17, 15) is 0 Å². The second-order valence-electron chi connectivity index (χ2n) is 4.80. The van der Waals surface area contributed by atoms with Crippen LogP contribution < -0.4 is 10.1 Å². The van der Waals surface area contributed by atoms with E-state index in [1.165, 1.54) is 0 Å². The van der Waals surface area contributed by atoms with Crippen molar-refractivity contribution < 1.29 is 4.74 Å². The maximum Gasteiger partial charge on any atom is 0.316 e. The fourth-order valence-corrected chi connectivity index (χ4v) is 1.20. The quantitative estimate of drug-likeness (QED) is 0.849. The van der Waals surface area contributed by atoms with E-state index in [1.807, 2.05) is 20.0 Å². The molecule has 1 N–H and O–H groups in total. The van der Waals surface area contributed by atoms with Crippen LogP contribution >= 0.6 is 0 Å². The van der Waals surface area contributed by atoms with Crippen molar-refractivity contribution >= 4 is 0 Å². The van der Waals surface area contributed by atoms with Crippen LogP contribution in [-0.2, 0) is 6.54 Å². The zero-order valence-electron chi connectivity index (χ0n) is 10.8. The Morgan fingerprint density at radius 1 is 1.38 bits per heavy atom. The molecule has 0 saturated carbocycles. The summed E-state index contributed by atoms with van der Waals surface area (Å²) in [7, 11) is 0. The number of rotatable bonds is 4. The average Bonchev–Trinajstić information content (AvgIpc) is 2.15. The van der Waals surface area contributed by atoms with Gasteiger partial charge in [0.05, 0.1) is 6.61 Å². The zero-order chi connectivity index (χ0) is 12.2. The standard InChI is InChI=1S/C12H21N3O/c1-6-16-11-13-7-10(9(2)15-11)8-14-12(3,4)5/h7,14H,6,8H2,1-5H3. The average molecular weight is 223 g/mol. The Labute approximate surface area is 97.5 Å². The van der Waals surface area contributed by atoms with Crippen molar-refractivity contribution in [3.05, 3.63) is 17.5 Å². The molecule has 1 rings (SSSR count). The molecule has 1 aromatic heterocycles. The fraction of sp³-hybridized carbons (Fsp3) is 0.667. The molecule has 1 aromatic rings. The number of aryl methyl sites for hydroxylation is 1. The van der Waals surface area contributed by atoms with E-state index in [2.05, 4.69) is 36.1 Å². The molecular weight excluding hydrogens is 202 g/mol. The second kappa shape index (κ2) is 5.25. The molecule has 4 nitrogen and oxygen atoms in total. The first-order chi connectivity index (χ1) is 7.42. The van der Waals surface area contributed by atoms with Crippen molar-refractivity contribution in [1.82, 2.24) is 15.3 Å². The van der Waals surface area contributed by atoms with Crippen molar-refractivity contribution in [1.29, 1.82) is 0 Å². The molecule has 4 heteroatoms. The van der Waals surface area contributed by atoms with Gasteiger partial charge in [-0.25, -0.2) is 9.97 Å². The van der Waals surface area contributed by atoms with E-state index >= 15 is 0 Å². The molecule has 0 atom stereocenters. The van der Waals surface area contributed by atoms with Gasteiger partial charge in [0.1, 0.15) is 0 Å². The molecule has 90 valence electrons. The largest absolute Gasteiger partial charge is 0.464 e. The lowest BCUT2D eigenvalue weighted by molar-refractivity contribution is 0.311. The lowest BCUT2D eigenvalue weighted by atomic mass is 10.1. The first-order valence-electron chi connectivity index (χ1n) is 5.62. The Kier molecular flexibility index (Phi) is 4.24. The maximum atomic E-state index is 5.24. The molecule has 1 heterocycles. The Morgan fingerprint density at radius 3 is 2.56 bits per heavy atom. The number of ether oxygens (including phenoxy) is 1. The van der Waals surface area contributed by atoms with Gasteiger partial charge in [-0.3, -0.25) is 0 Å². The molecule has 0 fully saturated rings. The molecule has 0 aliphatic heterocycles. The van der Waals surface area contributed by atoms with Gasteiger partial charge in [0.15, 0.2) is 0 Å². The van der Waals surface area contributed by atoms with Gasteiger partial charge in [0.2, 0.25) is 0 Å². The van der Waals surface area contributed by atoms with Crippen LogP contribution in [0.15, 0.2) is 6.20 Å². The Balaban J connectivity index is 2.68. The number of aromatic nitrogens is 2. The second-order valence-corrected chi connectivity index (χ2v) is 4.80. The number of nitrogens with zero attached hydrogens (tertiary/aromatic N) is 2. The minimum Gasteiger partial charge on any atom is -0.464 e. The van der Waals surface area contributed by atoms with E-state index < -0.39 is 0 Å². The molecule has 0 amide bonds. The van der Waals surface area contributed by atoms with E-state index in [0.29, 0.717) is 12.6 Å². The Bertz CT molecular complexity index is 345. The van der Waals surface area contributed by atoms with Crippen LogP contribution in [0.4, 0.5) is 0 Å². The number of hydrogen-bond donors (Lipinski definition) is 1. The van der Waals surface area contributed by atoms with Crippen LogP contribution in [-0.4, -0.2) is 22.1 Å². The van der Waals surface area contributed by atoms with E-state index in [0.717, 1.165) is 17.8 Å². The third-order valence-corrected chi connectivity index (χ3v) is 2.14. The van der Waals surface area contributed by atoms with Gasteiger partial charge < -0.3 is 10.1 Å². The lowest BCUT2D eigenvalue weighted by Gasteiger charge is -2.20. The van der Waals surface area contributed by atoms with Crippen LogP contribution in [0.1, 0.15) is 39.0 Å². The molecule has 0 aliphatic rings. The van der Waals surface area contributed by atoms with Gasteiger partial charge >= 0.3 is 6.01 Å².